The van der Waals surface area contributed by atoms with Gasteiger partial charge in [0.15, 0.2) is 0 Å². The molecule has 108 valence electrons. The molecule has 0 unspecified atom stereocenters. The predicted octanol–water partition coefficient (Wildman–Crippen LogP) is 3.72. The van der Waals surface area contributed by atoms with Crippen LogP contribution in [0.2, 0.25) is 58.9 Å². The summed E-state index contributed by atoms with van der Waals surface area (Å²) in [5.74, 6) is 0. The van der Waals surface area contributed by atoms with Crippen LogP contribution in [-0.4, -0.2) is 33.3 Å². The highest BCUT2D eigenvalue weighted by Gasteiger charge is 2.38. The summed E-state index contributed by atoms with van der Waals surface area (Å²) >= 11 is 0. The fraction of sp³-hybridized carbons (Fsp3) is 0.692. The molecule has 0 saturated carbocycles. The van der Waals surface area contributed by atoms with Gasteiger partial charge in [0.2, 0.25) is 0 Å². The normalized spacial score (nSPS) is 13.5. The second kappa shape index (κ2) is 6.13. The summed E-state index contributed by atoms with van der Waals surface area (Å²) in [6.45, 7) is 19.2. The van der Waals surface area contributed by atoms with Gasteiger partial charge in [-0.3, -0.25) is 0 Å². The first kappa shape index (κ1) is 18.9. The second-order valence-electron chi connectivity index (χ2n) is 7.27. The molecule has 0 spiro atoms. The first-order valence-corrected chi connectivity index (χ1v) is 18.7. The van der Waals surface area contributed by atoms with Crippen molar-refractivity contribution in [3.8, 4) is 23.1 Å². The van der Waals surface area contributed by atoms with E-state index >= 15 is 0 Å². The summed E-state index contributed by atoms with van der Waals surface area (Å²) in [7, 11) is -7.57. The van der Waals surface area contributed by atoms with E-state index in [1.54, 1.807) is 0 Å². The van der Waals surface area contributed by atoms with E-state index in [0.29, 0.717) is 0 Å². The summed E-state index contributed by atoms with van der Waals surface area (Å²) in [6.07, 6.45) is 5.54. The van der Waals surface area contributed by atoms with Crippen LogP contribution in [0.5, 0.6) is 0 Å². The van der Waals surface area contributed by atoms with Crippen molar-refractivity contribution in [2.75, 3.05) is 0 Å². The smallest absolute Gasteiger partial charge is 0.312 e. The van der Waals surface area contributed by atoms with E-state index < -0.39 is 33.3 Å². The Hall–Kier alpha value is -0.0925. The Bertz CT molecular complexity index is 417. The highest BCUT2D eigenvalue weighted by molar-refractivity contribution is 6.93. The lowest BCUT2D eigenvalue weighted by molar-refractivity contribution is 0.402. The number of hydrogen-bond donors (Lipinski definition) is 0. The van der Waals surface area contributed by atoms with Gasteiger partial charge in [-0.15, -0.1) is 23.1 Å². The van der Waals surface area contributed by atoms with Gasteiger partial charge in [-0.25, -0.2) is 0 Å². The quantitative estimate of drug-likeness (QED) is 0.578. The average Bonchev–Trinajstić information content (AvgIpc) is 2.10. The van der Waals surface area contributed by atoms with Crippen molar-refractivity contribution in [3.05, 3.63) is 0 Å². The molecule has 0 atom stereocenters. The molecule has 0 heterocycles. The van der Waals surface area contributed by atoms with Gasteiger partial charge in [-0.1, -0.05) is 19.6 Å². The molecular formula is C13H28O2Si4. The third-order valence-corrected chi connectivity index (χ3v) is 12.7. The summed E-state index contributed by atoms with van der Waals surface area (Å²) in [5, 5.41) is 0. The van der Waals surface area contributed by atoms with Crippen molar-refractivity contribution in [2.24, 2.45) is 0 Å². The summed E-state index contributed by atoms with van der Waals surface area (Å²) in [4.78, 5) is 0. The topological polar surface area (TPSA) is 18.5 Å². The van der Waals surface area contributed by atoms with Gasteiger partial charge in [0.25, 0.3) is 16.6 Å². The maximum atomic E-state index is 6.30. The van der Waals surface area contributed by atoms with E-state index in [4.69, 9.17) is 14.7 Å². The molecule has 0 aromatic carbocycles. The van der Waals surface area contributed by atoms with Crippen molar-refractivity contribution < 1.29 is 8.23 Å². The van der Waals surface area contributed by atoms with Gasteiger partial charge in [-0.05, 0) is 39.3 Å². The average molecular weight is 329 g/mol. The van der Waals surface area contributed by atoms with Crippen molar-refractivity contribution in [2.45, 2.75) is 58.9 Å². The number of terminal acetylenes is 1. The molecule has 19 heavy (non-hydrogen) atoms. The van der Waals surface area contributed by atoms with Gasteiger partial charge >= 0.3 is 8.56 Å². The zero-order valence-corrected chi connectivity index (χ0v) is 17.9. The van der Waals surface area contributed by atoms with Crippen LogP contribution in [0, 0.1) is 23.1 Å². The Labute approximate surface area is 123 Å². The Morgan fingerprint density at radius 2 is 1.11 bits per heavy atom. The van der Waals surface area contributed by atoms with E-state index in [-0.39, 0.29) is 0 Å². The van der Waals surface area contributed by atoms with E-state index in [1.165, 1.54) is 0 Å². The predicted molar refractivity (Wildman–Crippen MR) is 94.6 cm³/mol. The summed E-state index contributed by atoms with van der Waals surface area (Å²) in [6, 6.07) is 0. The Balaban J connectivity index is 4.91. The van der Waals surface area contributed by atoms with Crippen LogP contribution in [0.15, 0.2) is 0 Å². The third kappa shape index (κ3) is 9.44. The van der Waals surface area contributed by atoms with Crippen molar-refractivity contribution >= 4 is 33.3 Å². The fourth-order valence-electron chi connectivity index (χ4n) is 1.64. The molecule has 2 nitrogen and oxygen atoms in total. The summed E-state index contributed by atoms with van der Waals surface area (Å²) < 4.78 is 12.4. The first-order valence-electron chi connectivity index (χ1n) is 6.61. The highest BCUT2D eigenvalue weighted by atomic mass is 28.5. The Morgan fingerprint density at radius 3 is 1.47 bits per heavy atom. The minimum atomic E-state index is -2.20. The van der Waals surface area contributed by atoms with E-state index in [9.17, 15) is 0 Å². The fourth-order valence-corrected chi connectivity index (χ4v) is 15.2. The molecule has 0 rings (SSSR count). The van der Waals surface area contributed by atoms with E-state index in [2.05, 4.69) is 62.5 Å². The van der Waals surface area contributed by atoms with Crippen LogP contribution >= 0.6 is 0 Å². The Kier molecular flexibility index (Phi) is 6.10. The van der Waals surface area contributed by atoms with Crippen LogP contribution in [-0.2, 0) is 8.23 Å². The minimum absolute atomic E-state index is 1.35. The molecule has 0 saturated heterocycles. The van der Waals surface area contributed by atoms with E-state index in [0.717, 1.165) is 0 Å². The van der Waals surface area contributed by atoms with Crippen LogP contribution in [0.4, 0.5) is 0 Å². The zero-order chi connectivity index (χ0) is 15.5. The molecule has 0 aliphatic carbocycles. The molecule has 0 aliphatic rings. The molecule has 0 aromatic heterocycles. The molecular weight excluding hydrogens is 300 g/mol. The van der Waals surface area contributed by atoms with Crippen LogP contribution < -0.4 is 0 Å². The standard InChI is InChI=1S/C13H28O2Si4/c1-11-17(5,6)14-19(9,10)15-18(7,8)13-12-16(2,3)4/h1H,2-10H3. The lowest BCUT2D eigenvalue weighted by Crippen LogP contribution is -2.52. The Morgan fingerprint density at radius 1 is 0.684 bits per heavy atom. The second-order valence-corrected chi connectivity index (χ2v) is 23.0. The highest BCUT2D eigenvalue weighted by Crippen LogP contribution is 2.19. The van der Waals surface area contributed by atoms with Crippen molar-refractivity contribution in [1.29, 1.82) is 0 Å². The number of rotatable bonds is 4. The minimum Gasteiger partial charge on any atom is -0.427 e. The molecule has 0 bridgehead atoms. The molecule has 0 radical (unpaired) electrons. The monoisotopic (exact) mass is 328 g/mol. The van der Waals surface area contributed by atoms with Gasteiger partial charge in [-0.2, -0.15) is 0 Å². The van der Waals surface area contributed by atoms with Crippen molar-refractivity contribution in [1.82, 2.24) is 0 Å². The van der Waals surface area contributed by atoms with Gasteiger partial charge in [0, 0.05) is 0 Å². The van der Waals surface area contributed by atoms with Crippen molar-refractivity contribution in [3.63, 3.8) is 0 Å². The molecule has 0 amide bonds. The zero-order valence-electron chi connectivity index (χ0n) is 13.9. The largest absolute Gasteiger partial charge is 0.427 e. The van der Waals surface area contributed by atoms with Crippen LogP contribution in [0.25, 0.3) is 0 Å². The lowest BCUT2D eigenvalue weighted by atomic mass is 11.4. The van der Waals surface area contributed by atoms with Crippen LogP contribution in [0.1, 0.15) is 0 Å². The van der Waals surface area contributed by atoms with Gasteiger partial charge in [0.1, 0.15) is 8.07 Å². The molecule has 0 fully saturated rings. The molecule has 0 aromatic rings. The maximum Gasteiger partial charge on any atom is 0.312 e. The number of hydrogen-bond acceptors (Lipinski definition) is 2. The van der Waals surface area contributed by atoms with Gasteiger partial charge in [0.05, 0.1) is 0 Å². The van der Waals surface area contributed by atoms with Crippen LogP contribution in [0.3, 0.4) is 0 Å². The van der Waals surface area contributed by atoms with Gasteiger partial charge < -0.3 is 8.23 Å². The summed E-state index contributed by atoms with van der Waals surface area (Å²) in [5.41, 5.74) is 9.63. The van der Waals surface area contributed by atoms with E-state index in [1.807, 2.05) is 13.1 Å². The molecule has 6 heteroatoms. The first-order chi connectivity index (χ1) is 8.18. The third-order valence-electron chi connectivity index (χ3n) is 2.09. The molecule has 0 N–H and O–H groups in total. The SMILES string of the molecule is C#C[Si](C)(C)O[Si](C)(C)O[Si](C)(C)C#C[Si](C)(C)C. The lowest BCUT2D eigenvalue weighted by Gasteiger charge is -2.34. The maximum absolute atomic E-state index is 6.30. The molecule has 0 aliphatic heterocycles.